The maximum atomic E-state index is 13.3. The first-order chi connectivity index (χ1) is 9.08. The standard InChI is InChI=1S/C13H14FN5/c1-7(2)19-11-4-3-8(14)5-10(11)17-13(19)9-6-16-18-12(9)15/h3-7H,1-2H3,(H3,15,16,18). The normalized spacial score (nSPS) is 11.6. The Hall–Kier alpha value is -2.37. The first-order valence-corrected chi connectivity index (χ1v) is 6.04. The molecule has 0 saturated carbocycles. The zero-order valence-corrected chi connectivity index (χ0v) is 10.7. The third kappa shape index (κ3) is 1.76. The molecule has 19 heavy (non-hydrogen) atoms. The molecular weight excluding hydrogens is 245 g/mol. The molecule has 3 aromatic rings. The molecule has 0 spiro atoms. The van der Waals surface area contributed by atoms with E-state index in [4.69, 9.17) is 5.73 Å². The predicted molar refractivity (Wildman–Crippen MR) is 72.1 cm³/mol. The van der Waals surface area contributed by atoms with Gasteiger partial charge in [0.2, 0.25) is 0 Å². The molecule has 2 heterocycles. The molecule has 0 amide bonds. The van der Waals surface area contributed by atoms with Crippen LogP contribution in [0.3, 0.4) is 0 Å². The Morgan fingerprint density at radius 1 is 1.37 bits per heavy atom. The Morgan fingerprint density at radius 3 is 2.79 bits per heavy atom. The minimum absolute atomic E-state index is 0.180. The number of nitrogens with two attached hydrogens (primary N) is 1. The van der Waals surface area contributed by atoms with Gasteiger partial charge in [-0.1, -0.05) is 0 Å². The quantitative estimate of drug-likeness (QED) is 0.743. The molecule has 98 valence electrons. The van der Waals surface area contributed by atoms with Gasteiger partial charge in [-0.05, 0) is 26.0 Å². The number of hydrogen-bond acceptors (Lipinski definition) is 3. The molecule has 6 heteroatoms. The molecule has 0 unspecified atom stereocenters. The number of nitrogens with zero attached hydrogens (tertiary/aromatic N) is 3. The van der Waals surface area contributed by atoms with Crippen molar-refractivity contribution in [2.45, 2.75) is 19.9 Å². The summed E-state index contributed by atoms with van der Waals surface area (Å²) in [6, 6.07) is 4.77. The highest BCUT2D eigenvalue weighted by Crippen LogP contribution is 2.30. The van der Waals surface area contributed by atoms with Crippen LogP contribution in [-0.4, -0.2) is 19.7 Å². The largest absolute Gasteiger partial charge is 0.383 e. The number of anilines is 1. The Balaban J connectivity index is 2.35. The van der Waals surface area contributed by atoms with Crippen molar-refractivity contribution in [1.82, 2.24) is 19.7 Å². The van der Waals surface area contributed by atoms with Gasteiger partial charge >= 0.3 is 0 Å². The summed E-state index contributed by atoms with van der Waals surface area (Å²) in [6.07, 6.45) is 1.63. The Kier molecular flexibility index (Phi) is 2.51. The van der Waals surface area contributed by atoms with Gasteiger partial charge in [0, 0.05) is 12.1 Å². The van der Waals surface area contributed by atoms with Gasteiger partial charge in [0.15, 0.2) is 0 Å². The molecular formula is C13H14FN5. The molecule has 3 rings (SSSR count). The third-order valence-corrected chi connectivity index (χ3v) is 3.08. The molecule has 0 atom stereocenters. The number of rotatable bonds is 2. The molecule has 1 aromatic carbocycles. The van der Waals surface area contributed by atoms with Crippen molar-refractivity contribution in [1.29, 1.82) is 0 Å². The van der Waals surface area contributed by atoms with Crippen LogP contribution in [0.1, 0.15) is 19.9 Å². The van der Waals surface area contributed by atoms with Crippen molar-refractivity contribution >= 4 is 16.9 Å². The lowest BCUT2D eigenvalue weighted by atomic mass is 10.2. The smallest absolute Gasteiger partial charge is 0.146 e. The number of aromatic nitrogens is 4. The maximum absolute atomic E-state index is 13.3. The van der Waals surface area contributed by atoms with Crippen molar-refractivity contribution in [3.8, 4) is 11.4 Å². The van der Waals surface area contributed by atoms with Crippen LogP contribution in [-0.2, 0) is 0 Å². The number of fused-ring (bicyclic) bond motifs is 1. The number of halogens is 1. The van der Waals surface area contributed by atoms with E-state index in [0.29, 0.717) is 17.2 Å². The van der Waals surface area contributed by atoms with E-state index in [1.807, 2.05) is 18.4 Å². The SMILES string of the molecule is CC(C)n1c(-c2cn[nH]c2N)nc2cc(F)ccc21. The van der Waals surface area contributed by atoms with Gasteiger partial charge in [-0.3, -0.25) is 5.10 Å². The summed E-state index contributed by atoms with van der Waals surface area (Å²) in [5.74, 6) is 0.854. The van der Waals surface area contributed by atoms with Gasteiger partial charge < -0.3 is 10.3 Å². The number of imidazole rings is 1. The average Bonchev–Trinajstić information content (AvgIpc) is 2.91. The highest BCUT2D eigenvalue weighted by molar-refractivity contribution is 5.82. The zero-order chi connectivity index (χ0) is 13.6. The van der Waals surface area contributed by atoms with Crippen LogP contribution >= 0.6 is 0 Å². The fraction of sp³-hybridized carbons (Fsp3) is 0.231. The van der Waals surface area contributed by atoms with Crippen LogP contribution in [0.15, 0.2) is 24.4 Å². The fourth-order valence-corrected chi connectivity index (χ4v) is 2.26. The highest BCUT2D eigenvalue weighted by atomic mass is 19.1. The van der Waals surface area contributed by atoms with Crippen molar-refractivity contribution in [3.63, 3.8) is 0 Å². The molecule has 3 N–H and O–H groups in total. The second kappa shape index (κ2) is 4.08. The Bertz CT molecular complexity index is 741. The lowest BCUT2D eigenvalue weighted by Gasteiger charge is -2.12. The summed E-state index contributed by atoms with van der Waals surface area (Å²) in [6.45, 7) is 4.09. The van der Waals surface area contributed by atoms with E-state index >= 15 is 0 Å². The average molecular weight is 259 g/mol. The summed E-state index contributed by atoms with van der Waals surface area (Å²) in [7, 11) is 0. The van der Waals surface area contributed by atoms with Crippen LogP contribution in [0.2, 0.25) is 0 Å². The number of nitrogens with one attached hydrogen (secondary N) is 1. The van der Waals surface area contributed by atoms with Crippen LogP contribution in [0, 0.1) is 5.82 Å². The van der Waals surface area contributed by atoms with Crippen molar-refractivity contribution in [2.75, 3.05) is 5.73 Å². The fourth-order valence-electron chi connectivity index (χ4n) is 2.26. The van der Waals surface area contributed by atoms with E-state index in [2.05, 4.69) is 15.2 Å². The molecule has 0 bridgehead atoms. The van der Waals surface area contributed by atoms with E-state index in [1.165, 1.54) is 12.1 Å². The molecule has 0 aliphatic carbocycles. The molecule has 0 saturated heterocycles. The van der Waals surface area contributed by atoms with Crippen LogP contribution < -0.4 is 5.73 Å². The van der Waals surface area contributed by atoms with E-state index in [9.17, 15) is 4.39 Å². The van der Waals surface area contributed by atoms with Gasteiger partial charge in [-0.15, -0.1) is 0 Å². The molecule has 0 radical (unpaired) electrons. The Labute approximate surface area is 109 Å². The zero-order valence-electron chi connectivity index (χ0n) is 10.7. The highest BCUT2D eigenvalue weighted by Gasteiger charge is 2.18. The second-order valence-corrected chi connectivity index (χ2v) is 4.73. The van der Waals surface area contributed by atoms with Gasteiger partial charge in [0.05, 0.1) is 22.8 Å². The first kappa shape index (κ1) is 11.7. The van der Waals surface area contributed by atoms with E-state index in [1.54, 1.807) is 12.3 Å². The molecule has 0 fully saturated rings. The maximum Gasteiger partial charge on any atom is 0.146 e. The summed E-state index contributed by atoms with van der Waals surface area (Å²) < 4.78 is 15.3. The van der Waals surface area contributed by atoms with Crippen molar-refractivity contribution in [2.24, 2.45) is 0 Å². The first-order valence-electron chi connectivity index (χ1n) is 6.04. The molecule has 5 nitrogen and oxygen atoms in total. The van der Waals surface area contributed by atoms with Gasteiger partial charge in [0.25, 0.3) is 0 Å². The molecule has 2 aromatic heterocycles. The summed E-state index contributed by atoms with van der Waals surface area (Å²) in [4.78, 5) is 4.48. The molecule has 0 aliphatic heterocycles. The van der Waals surface area contributed by atoms with Gasteiger partial charge in [-0.2, -0.15) is 5.10 Å². The van der Waals surface area contributed by atoms with E-state index in [-0.39, 0.29) is 11.9 Å². The topological polar surface area (TPSA) is 72.5 Å². The number of nitrogen functional groups attached to an aromatic ring is 1. The van der Waals surface area contributed by atoms with Crippen molar-refractivity contribution in [3.05, 3.63) is 30.2 Å². The van der Waals surface area contributed by atoms with E-state index in [0.717, 1.165) is 11.1 Å². The lowest BCUT2D eigenvalue weighted by Crippen LogP contribution is -2.03. The second-order valence-electron chi connectivity index (χ2n) is 4.73. The predicted octanol–water partition coefficient (Wildman–Crippen LogP) is 2.73. The number of H-pyrrole nitrogens is 1. The van der Waals surface area contributed by atoms with Crippen LogP contribution in [0.25, 0.3) is 22.4 Å². The van der Waals surface area contributed by atoms with E-state index < -0.39 is 0 Å². The van der Waals surface area contributed by atoms with Crippen LogP contribution in [0.4, 0.5) is 10.2 Å². The summed E-state index contributed by atoms with van der Waals surface area (Å²) in [5.41, 5.74) is 8.07. The van der Waals surface area contributed by atoms with Crippen molar-refractivity contribution < 1.29 is 4.39 Å². The Morgan fingerprint density at radius 2 is 2.16 bits per heavy atom. The lowest BCUT2D eigenvalue weighted by molar-refractivity contribution is 0.620. The minimum atomic E-state index is -0.298. The summed E-state index contributed by atoms with van der Waals surface area (Å²) >= 11 is 0. The summed E-state index contributed by atoms with van der Waals surface area (Å²) in [5, 5.41) is 6.60. The molecule has 0 aliphatic rings. The third-order valence-electron chi connectivity index (χ3n) is 3.08. The van der Waals surface area contributed by atoms with Gasteiger partial charge in [-0.25, -0.2) is 9.37 Å². The number of benzene rings is 1. The minimum Gasteiger partial charge on any atom is -0.383 e. The number of aromatic amines is 1. The van der Waals surface area contributed by atoms with Crippen LogP contribution in [0.5, 0.6) is 0 Å². The monoisotopic (exact) mass is 259 g/mol. The van der Waals surface area contributed by atoms with Gasteiger partial charge in [0.1, 0.15) is 17.5 Å². The number of hydrogen-bond donors (Lipinski definition) is 2.